The van der Waals surface area contributed by atoms with Crippen LogP contribution in [-0.4, -0.2) is 30.2 Å². The van der Waals surface area contributed by atoms with Gasteiger partial charge in [-0.25, -0.2) is 9.37 Å². The number of anilines is 2. The Labute approximate surface area is 165 Å². The Kier molecular flexibility index (Phi) is 6.78. The van der Waals surface area contributed by atoms with E-state index in [1.165, 1.54) is 11.6 Å². The minimum absolute atomic E-state index is 0.178. The van der Waals surface area contributed by atoms with E-state index < -0.39 is 0 Å². The summed E-state index contributed by atoms with van der Waals surface area (Å²) < 4.78 is 19.0. The molecule has 0 aliphatic heterocycles. The largest absolute Gasteiger partial charge is 0.497 e. The van der Waals surface area contributed by atoms with Gasteiger partial charge >= 0.3 is 0 Å². The minimum atomic E-state index is -0.178. The molecule has 2 N–H and O–H groups in total. The van der Waals surface area contributed by atoms with Crippen LogP contribution in [0.25, 0.3) is 0 Å². The molecule has 0 bridgehead atoms. The SMILES string of the molecule is COc1cccc(CCNc2nc(C)cc(NCCc3ccccc3F)n2)c1. The molecule has 6 heteroatoms. The summed E-state index contributed by atoms with van der Waals surface area (Å²) in [5.41, 5.74) is 2.74. The quantitative estimate of drug-likeness (QED) is 0.581. The average molecular weight is 380 g/mol. The standard InChI is InChI=1S/C22H25FN4O/c1-16-14-21(24-13-11-18-7-3-4-9-20(18)23)27-22(26-16)25-12-10-17-6-5-8-19(15-17)28-2/h3-9,14-15H,10-13H2,1-2H3,(H2,24,25,26,27). The summed E-state index contributed by atoms with van der Waals surface area (Å²) in [6, 6.07) is 16.7. The van der Waals surface area contributed by atoms with E-state index in [0.717, 1.165) is 23.7 Å². The van der Waals surface area contributed by atoms with Gasteiger partial charge in [-0.15, -0.1) is 0 Å². The van der Waals surface area contributed by atoms with Gasteiger partial charge in [0.1, 0.15) is 17.4 Å². The summed E-state index contributed by atoms with van der Waals surface area (Å²) in [5, 5.41) is 6.52. The lowest BCUT2D eigenvalue weighted by molar-refractivity contribution is 0.414. The Balaban J connectivity index is 1.53. The van der Waals surface area contributed by atoms with Gasteiger partial charge in [0.2, 0.25) is 5.95 Å². The van der Waals surface area contributed by atoms with Gasteiger partial charge in [0.05, 0.1) is 7.11 Å². The maximum Gasteiger partial charge on any atom is 0.224 e. The Morgan fingerprint density at radius 2 is 1.75 bits per heavy atom. The number of hydrogen-bond acceptors (Lipinski definition) is 5. The molecule has 1 heterocycles. The number of nitrogens with zero attached hydrogens (tertiary/aromatic N) is 2. The number of hydrogen-bond donors (Lipinski definition) is 2. The molecule has 5 nitrogen and oxygen atoms in total. The maximum absolute atomic E-state index is 13.7. The van der Waals surface area contributed by atoms with Gasteiger partial charge in [0.25, 0.3) is 0 Å². The molecule has 1 aromatic heterocycles. The molecule has 0 aliphatic carbocycles. The zero-order chi connectivity index (χ0) is 19.8. The zero-order valence-corrected chi connectivity index (χ0v) is 16.2. The second kappa shape index (κ2) is 9.69. The fraction of sp³-hybridized carbons (Fsp3) is 0.273. The van der Waals surface area contributed by atoms with Crippen molar-refractivity contribution < 1.29 is 9.13 Å². The highest BCUT2D eigenvalue weighted by Crippen LogP contribution is 2.14. The number of benzene rings is 2. The molecule has 28 heavy (non-hydrogen) atoms. The van der Waals surface area contributed by atoms with Crippen molar-refractivity contribution in [2.75, 3.05) is 30.8 Å². The number of ether oxygens (including phenoxy) is 1. The van der Waals surface area contributed by atoms with Gasteiger partial charge in [-0.2, -0.15) is 4.98 Å². The van der Waals surface area contributed by atoms with Gasteiger partial charge in [0, 0.05) is 24.8 Å². The number of nitrogens with one attached hydrogen (secondary N) is 2. The van der Waals surface area contributed by atoms with Crippen molar-refractivity contribution in [2.45, 2.75) is 19.8 Å². The third kappa shape index (κ3) is 5.67. The van der Waals surface area contributed by atoms with E-state index in [2.05, 4.69) is 26.7 Å². The van der Waals surface area contributed by atoms with E-state index >= 15 is 0 Å². The molecule has 0 radical (unpaired) electrons. The van der Waals surface area contributed by atoms with Gasteiger partial charge in [0.15, 0.2) is 0 Å². The molecule has 0 aliphatic rings. The fourth-order valence-corrected chi connectivity index (χ4v) is 2.91. The summed E-state index contributed by atoms with van der Waals surface area (Å²) in [7, 11) is 1.67. The lowest BCUT2D eigenvalue weighted by Crippen LogP contribution is -2.12. The normalized spacial score (nSPS) is 10.5. The maximum atomic E-state index is 13.7. The molecule has 0 spiro atoms. The van der Waals surface area contributed by atoms with Crippen LogP contribution in [0.3, 0.4) is 0 Å². The molecule has 0 saturated heterocycles. The van der Waals surface area contributed by atoms with E-state index in [0.29, 0.717) is 31.0 Å². The first-order chi connectivity index (χ1) is 13.6. The molecule has 0 fully saturated rings. The molecular formula is C22H25FN4O. The average Bonchev–Trinajstić information content (AvgIpc) is 2.69. The van der Waals surface area contributed by atoms with Gasteiger partial charge in [-0.3, -0.25) is 0 Å². The topological polar surface area (TPSA) is 59.1 Å². The first-order valence-corrected chi connectivity index (χ1v) is 9.34. The number of methoxy groups -OCH3 is 1. The Hall–Kier alpha value is -3.15. The van der Waals surface area contributed by atoms with E-state index in [9.17, 15) is 4.39 Å². The van der Waals surface area contributed by atoms with Crippen LogP contribution >= 0.6 is 0 Å². The van der Waals surface area contributed by atoms with Gasteiger partial charge in [-0.1, -0.05) is 30.3 Å². The van der Waals surface area contributed by atoms with Crippen LogP contribution in [0, 0.1) is 12.7 Å². The van der Waals surface area contributed by atoms with Crippen LogP contribution in [0.4, 0.5) is 16.2 Å². The molecule has 0 saturated carbocycles. The molecular weight excluding hydrogens is 355 g/mol. The summed E-state index contributed by atoms with van der Waals surface area (Å²) in [4.78, 5) is 8.93. The van der Waals surface area contributed by atoms with Crippen molar-refractivity contribution in [1.82, 2.24) is 9.97 Å². The highest BCUT2D eigenvalue weighted by molar-refractivity contribution is 5.42. The predicted octanol–water partition coefficient (Wildman–Crippen LogP) is 4.24. The molecule has 146 valence electrons. The molecule has 2 aromatic carbocycles. The Morgan fingerprint density at radius 3 is 2.57 bits per heavy atom. The van der Waals surface area contributed by atoms with Crippen LogP contribution in [-0.2, 0) is 12.8 Å². The lowest BCUT2D eigenvalue weighted by Gasteiger charge is -2.10. The second-order valence-corrected chi connectivity index (χ2v) is 6.51. The predicted molar refractivity (Wildman–Crippen MR) is 111 cm³/mol. The van der Waals surface area contributed by atoms with Crippen molar-refractivity contribution in [3.63, 3.8) is 0 Å². The van der Waals surface area contributed by atoms with Crippen LogP contribution in [0.2, 0.25) is 0 Å². The Morgan fingerprint density at radius 1 is 0.929 bits per heavy atom. The molecule has 0 amide bonds. The minimum Gasteiger partial charge on any atom is -0.497 e. The first kappa shape index (κ1) is 19.6. The van der Waals surface area contributed by atoms with Crippen LogP contribution in [0.1, 0.15) is 16.8 Å². The highest BCUT2D eigenvalue weighted by Gasteiger charge is 2.04. The van der Waals surface area contributed by atoms with Crippen molar-refractivity contribution in [3.8, 4) is 5.75 Å². The third-order valence-electron chi connectivity index (χ3n) is 4.34. The van der Waals surface area contributed by atoms with E-state index in [4.69, 9.17) is 4.74 Å². The first-order valence-electron chi connectivity index (χ1n) is 9.34. The summed E-state index contributed by atoms with van der Waals surface area (Å²) >= 11 is 0. The number of aryl methyl sites for hydroxylation is 1. The van der Waals surface area contributed by atoms with Gasteiger partial charge < -0.3 is 15.4 Å². The molecule has 3 aromatic rings. The molecule has 3 rings (SSSR count). The summed E-state index contributed by atoms with van der Waals surface area (Å²) in [6.07, 6.45) is 1.43. The van der Waals surface area contributed by atoms with E-state index in [1.54, 1.807) is 19.2 Å². The fourth-order valence-electron chi connectivity index (χ4n) is 2.91. The summed E-state index contributed by atoms with van der Waals surface area (Å²) in [6.45, 7) is 3.24. The Bertz CT molecular complexity index is 917. The van der Waals surface area contributed by atoms with Crippen molar-refractivity contribution in [2.24, 2.45) is 0 Å². The smallest absolute Gasteiger partial charge is 0.224 e. The number of aromatic nitrogens is 2. The van der Waals surface area contributed by atoms with E-state index in [-0.39, 0.29) is 5.82 Å². The van der Waals surface area contributed by atoms with Crippen molar-refractivity contribution >= 4 is 11.8 Å². The van der Waals surface area contributed by atoms with Gasteiger partial charge in [-0.05, 0) is 49.1 Å². The monoisotopic (exact) mass is 380 g/mol. The lowest BCUT2D eigenvalue weighted by atomic mass is 10.1. The van der Waals surface area contributed by atoms with E-state index in [1.807, 2.05) is 37.3 Å². The van der Waals surface area contributed by atoms with Crippen molar-refractivity contribution in [3.05, 3.63) is 77.2 Å². The third-order valence-corrected chi connectivity index (χ3v) is 4.34. The number of rotatable bonds is 9. The highest BCUT2D eigenvalue weighted by atomic mass is 19.1. The van der Waals surface area contributed by atoms with Crippen LogP contribution < -0.4 is 15.4 Å². The second-order valence-electron chi connectivity index (χ2n) is 6.51. The van der Waals surface area contributed by atoms with Crippen LogP contribution in [0.5, 0.6) is 5.75 Å². The van der Waals surface area contributed by atoms with Crippen LogP contribution in [0.15, 0.2) is 54.6 Å². The summed E-state index contributed by atoms with van der Waals surface area (Å²) in [5.74, 6) is 1.98. The molecule has 0 unspecified atom stereocenters. The number of halogens is 1. The van der Waals surface area contributed by atoms with Crippen molar-refractivity contribution in [1.29, 1.82) is 0 Å². The molecule has 0 atom stereocenters. The zero-order valence-electron chi connectivity index (χ0n) is 16.2.